The van der Waals surface area contributed by atoms with Crippen LogP contribution in [0.1, 0.15) is 24.4 Å². The van der Waals surface area contributed by atoms with Gasteiger partial charge in [0.25, 0.3) is 0 Å². The van der Waals surface area contributed by atoms with Crippen LogP contribution in [-0.4, -0.2) is 39.8 Å². The van der Waals surface area contributed by atoms with Crippen LogP contribution in [-0.2, 0) is 11.3 Å². The van der Waals surface area contributed by atoms with Gasteiger partial charge in [0.2, 0.25) is 5.91 Å². The molecule has 1 fully saturated rings. The predicted molar refractivity (Wildman–Crippen MR) is 105 cm³/mol. The van der Waals surface area contributed by atoms with E-state index in [1.54, 1.807) is 7.11 Å². The molecule has 1 aliphatic carbocycles. The highest BCUT2D eigenvalue weighted by atomic mass is 16.5. The fraction of sp³-hybridized carbons (Fsp3) is 0.300. The molecule has 144 valence electrons. The zero-order valence-corrected chi connectivity index (χ0v) is 15.6. The third-order valence-corrected chi connectivity index (χ3v) is 4.61. The molecule has 0 bridgehead atoms. The SMILES string of the molecule is COc1ccc(CNC(=O)CNc2cccc(-c3nnnn3C3CC3)c2)cc1. The topological polar surface area (TPSA) is 94.0 Å². The van der Waals surface area contributed by atoms with Gasteiger partial charge >= 0.3 is 0 Å². The van der Waals surface area contributed by atoms with Crippen molar-refractivity contribution in [3.63, 3.8) is 0 Å². The van der Waals surface area contributed by atoms with Crippen LogP contribution in [0.15, 0.2) is 48.5 Å². The van der Waals surface area contributed by atoms with E-state index in [2.05, 4.69) is 26.2 Å². The number of hydrogen-bond acceptors (Lipinski definition) is 6. The van der Waals surface area contributed by atoms with Crippen LogP contribution in [0.5, 0.6) is 5.75 Å². The average Bonchev–Trinajstić information content (AvgIpc) is 3.47. The average molecular weight is 378 g/mol. The van der Waals surface area contributed by atoms with Crippen LogP contribution in [0.25, 0.3) is 11.4 Å². The van der Waals surface area contributed by atoms with Crippen LogP contribution in [0.4, 0.5) is 5.69 Å². The number of hydrogen-bond donors (Lipinski definition) is 2. The first kappa shape index (κ1) is 18.0. The van der Waals surface area contributed by atoms with Crippen LogP contribution < -0.4 is 15.4 Å². The third kappa shape index (κ3) is 4.28. The number of amides is 1. The van der Waals surface area contributed by atoms with E-state index in [-0.39, 0.29) is 12.5 Å². The number of nitrogens with one attached hydrogen (secondary N) is 2. The molecule has 0 saturated heterocycles. The number of methoxy groups -OCH3 is 1. The summed E-state index contributed by atoms with van der Waals surface area (Å²) in [5.74, 6) is 1.48. The fourth-order valence-electron chi connectivity index (χ4n) is 2.91. The van der Waals surface area contributed by atoms with E-state index in [0.29, 0.717) is 12.6 Å². The first-order valence-corrected chi connectivity index (χ1v) is 9.25. The molecule has 1 aromatic heterocycles. The van der Waals surface area contributed by atoms with Gasteiger partial charge < -0.3 is 15.4 Å². The Morgan fingerprint density at radius 1 is 1.21 bits per heavy atom. The summed E-state index contributed by atoms with van der Waals surface area (Å²) in [6.45, 7) is 0.661. The lowest BCUT2D eigenvalue weighted by Gasteiger charge is -2.10. The lowest BCUT2D eigenvalue weighted by Crippen LogP contribution is -2.29. The summed E-state index contributed by atoms with van der Waals surface area (Å²) in [5.41, 5.74) is 2.80. The smallest absolute Gasteiger partial charge is 0.239 e. The van der Waals surface area contributed by atoms with Crippen LogP contribution in [0.2, 0.25) is 0 Å². The predicted octanol–water partition coefficient (Wildman–Crippen LogP) is 2.41. The molecule has 8 heteroatoms. The molecule has 4 rings (SSSR count). The molecule has 0 unspecified atom stereocenters. The van der Waals surface area contributed by atoms with Crippen molar-refractivity contribution in [2.45, 2.75) is 25.4 Å². The minimum absolute atomic E-state index is 0.0796. The molecule has 0 atom stereocenters. The maximum Gasteiger partial charge on any atom is 0.239 e. The molecule has 0 aliphatic heterocycles. The maximum atomic E-state index is 12.1. The second kappa shape index (κ2) is 8.08. The molecule has 1 aliphatic rings. The summed E-state index contributed by atoms with van der Waals surface area (Å²) in [5, 5.41) is 18.1. The van der Waals surface area contributed by atoms with Crippen molar-refractivity contribution in [3.8, 4) is 17.1 Å². The normalized spacial score (nSPS) is 13.2. The van der Waals surface area contributed by atoms with Crippen molar-refractivity contribution < 1.29 is 9.53 Å². The van der Waals surface area contributed by atoms with Crippen molar-refractivity contribution >= 4 is 11.6 Å². The molecule has 0 spiro atoms. The van der Waals surface area contributed by atoms with E-state index in [9.17, 15) is 4.79 Å². The number of carbonyl (C=O) groups is 1. The van der Waals surface area contributed by atoms with Gasteiger partial charge in [-0.15, -0.1) is 5.10 Å². The van der Waals surface area contributed by atoms with Gasteiger partial charge in [0.1, 0.15) is 5.75 Å². The number of carbonyl (C=O) groups excluding carboxylic acids is 1. The monoisotopic (exact) mass is 378 g/mol. The minimum atomic E-state index is -0.0796. The van der Waals surface area contributed by atoms with E-state index in [1.165, 1.54) is 0 Å². The molecule has 8 nitrogen and oxygen atoms in total. The Labute approximate surface area is 162 Å². The summed E-state index contributed by atoms with van der Waals surface area (Å²) >= 11 is 0. The van der Waals surface area contributed by atoms with Crippen molar-refractivity contribution in [2.24, 2.45) is 0 Å². The first-order chi connectivity index (χ1) is 13.7. The standard InChI is InChI=1S/C20H22N6O2/c1-28-18-9-5-14(6-10-18)12-22-19(27)13-21-16-4-2-3-15(11-16)20-23-24-25-26(20)17-7-8-17/h2-6,9-11,17,21H,7-8,12-13H2,1H3,(H,22,27). The lowest BCUT2D eigenvalue weighted by molar-refractivity contribution is -0.119. The highest BCUT2D eigenvalue weighted by Gasteiger charge is 2.28. The second-order valence-electron chi connectivity index (χ2n) is 6.74. The minimum Gasteiger partial charge on any atom is -0.497 e. The number of tetrazole rings is 1. The van der Waals surface area contributed by atoms with Crippen molar-refractivity contribution in [3.05, 3.63) is 54.1 Å². The van der Waals surface area contributed by atoms with Gasteiger partial charge in [-0.1, -0.05) is 24.3 Å². The van der Waals surface area contributed by atoms with E-state index < -0.39 is 0 Å². The zero-order valence-electron chi connectivity index (χ0n) is 15.6. The van der Waals surface area contributed by atoms with E-state index >= 15 is 0 Å². The maximum absolute atomic E-state index is 12.1. The number of ether oxygens (including phenoxy) is 1. The van der Waals surface area contributed by atoms with Gasteiger partial charge in [-0.05, 0) is 53.1 Å². The first-order valence-electron chi connectivity index (χ1n) is 9.25. The van der Waals surface area contributed by atoms with Gasteiger partial charge in [-0.3, -0.25) is 4.79 Å². The number of aromatic nitrogens is 4. The number of anilines is 1. The molecule has 2 aromatic carbocycles. The van der Waals surface area contributed by atoms with Gasteiger partial charge in [-0.25, -0.2) is 4.68 Å². The van der Waals surface area contributed by atoms with Crippen molar-refractivity contribution in [1.82, 2.24) is 25.5 Å². The van der Waals surface area contributed by atoms with Crippen LogP contribution in [0.3, 0.4) is 0 Å². The Morgan fingerprint density at radius 3 is 2.79 bits per heavy atom. The Morgan fingerprint density at radius 2 is 2.04 bits per heavy atom. The summed E-state index contributed by atoms with van der Waals surface area (Å²) in [7, 11) is 1.63. The van der Waals surface area contributed by atoms with Gasteiger partial charge in [0.05, 0.1) is 19.7 Å². The fourth-order valence-corrected chi connectivity index (χ4v) is 2.91. The molecular formula is C20H22N6O2. The summed E-state index contributed by atoms with van der Waals surface area (Å²) in [6, 6.07) is 15.8. The largest absolute Gasteiger partial charge is 0.497 e. The van der Waals surface area contributed by atoms with E-state index in [1.807, 2.05) is 53.2 Å². The van der Waals surface area contributed by atoms with Crippen LogP contribution in [0, 0.1) is 0 Å². The van der Waals surface area contributed by atoms with E-state index in [0.717, 1.165) is 41.2 Å². The summed E-state index contributed by atoms with van der Waals surface area (Å²) in [4.78, 5) is 12.1. The zero-order chi connectivity index (χ0) is 19.3. The molecule has 1 amide bonds. The van der Waals surface area contributed by atoms with E-state index in [4.69, 9.17) is 4.74 Å². The van der Waals surface area contributed by atoms with Gasteiger partial charge in [0.15, 0.2) is 5.82 Å². The Balaban J connectivity index is 1.31. The Bertz CT molecular complexity index is 949. The molecule has 1 saturated carbocycles. The quantitative estimate of drug-likeness (QED) is 0.625. The molecule has 2 N–H and O–H groups in total. The Kier molecular flexibility index (Phi) is 5.18. The second-order valence-corrected chi connectivity index (χ2v) is 6.74. The number of nitrogens with zero attached hydrogens (tertiary/aromatic N) is 4. The molecule has 1 heterocycles. The molecule has 28 heavy (non-hydrogen) atoms. The van der Waals surface area contributed by atoms with Gasteiger partial charge in [0, 0.05) is 17.8 Å². The molecular weight excluding hydrogens is 356 g/mol. The molecule has 0 radical (unpaired) electrons. The number of benzene rings is 2. The third-order valence-electron chi connectivity index (χ3n) is 4.61. The Hall–Kier alpha value is -3.42. The number of rotatable bonds is 8. The summed E-state index contributed by atoms with van der Waals surface area (Å²) in [6.07, 6.45) is 2.23. The highest BCUT2D eigenvalue weighted by molar-refractivity contribution is 5.81. The lowest BCUT2D eigenvalue weighted by atomic mass is 10.2. The van der Waals surface area contributed by atoms with Crippen molar-refractivity contribution in [2.75, 3.05) is 19.0 Å². The van der Waals surface area contributed by atoms with Gasteiger partial charge in [-0.2, -0.15) is 0 Å². The summed E-state index contributed by atoms with van der Waals surface area (Å²) < 4.78 is 7.01. The highest BCUT2D eigenvalue weighted by Crippen LogP contribution is 2.36. The molecule has 3 aromatic rings. The van der Waals surface area contributed by atoms with Crippen LogP contribution >= 0.6 is 0 Å². The van der Waals surface area contributed by atoms with Crippen molar-refractivity contribution in [1.29, 1.82) is 0 Å².